The van der Waals surface area contributed by atoms with Crippen molar-refractivity contribution in [1.29, 1.82) is 0 Å². The monoisotopic (exact) mass is 173 g/mol. The smallest absolute Gasteiger partial charge is 0.138 e. The van der Waals surface area contributed by atoms with Crippen LogP contribution in [0.1, 0.15) is 11.1 Å². The van der Waals surface area contributed by atoms with E-state index in [4.69, 9.17) is 10.5 Å². The van der Waals surface area contributed by atoms with Crippen LogP contribution < -0.4 is 10.5 Å². The quantitative estimate of drug-likeness (QED) is 0.592. The fourth-order valence-electron chi connectivity index (χ4n) is 1.46. The van der Waals surface area contributed by atoms with Crippen molar-refractivity contribution in [2.75, 3.05) is 13.2 Å². The Bertz CT molecular complexity index is 373. The molecule has 2 heteroatoms. The molecule has 1 aliphatic heterocycles. The van der Waals surface area contributed by atoms with E-state index in [0.29, 0.717) is 6.54 Å². The molecule has 1 aliphatic rings. The molecule has 0 bridgehead atoms. The first-order chi connectivity index (χ1) is 6.42. The average Bonchev–Trinajstić information content (AvgIpc) is 2.62. The highest BCUT2D eigenvalue weighted by atomic mass is 16.5. The van der Waals surface area contributed by atoms with Gasteiger partial charge in [-0.2, -0.15) is 0 Å². The van der Waals surface area contributed by atoms with E-state index >= 15 is 0 Å². The zero-order valence-corrected chi connectivity index (χ0v) is 7.34. The van der Waals surface area contributed by atoms with Gasteiger partial charge in [0.15, 0.2) is 0 Å². The number of hydrogen-bond acceptors (Lipinski definition) is 2. The number of ether oxygens (including phenoxy) is 1. The topological polar surface area (TPSA) is 35.2 Å². The first-order valence-electron chi connectivity index (χ1n) is 4.35. The Labute approximate surface area is 77.7 Å². The molecule has 0 radical (unpaired) electrons. The Hall–Kier alpha value is -1.46. The Morgan fingerprint density at radius 3 is 3.23 bits per heavy atom. The summed E-state index contributed by atoms with van der Waals surface area (Å²) in [4.78, 5) is 0. The van der Waals surface area contributed by atoms with Gasteiger partial charge in [0.1, 0.15) is 5.75 Å². The molecule has 1 aromatic rings. The third-order valence-corrected chi connectivity index (χ3v) is 2.04. The summed E-state index contributed by atoms with van der Waals surface area (Å²) in [5, 5.41) is 0. The molecule has 0 atom stereocenters. The standard InChI is InChI=1S/C11H11NO/c12-7-2-5-9-3-1-4-10-6-8-13-11(9)10/h1,3-4H,6-8,12H2. The zero-order valence-electron chi connectivity index (χ0n) is 7.34. The lowest BCUT2D eigenvalue weighted by atomic mass is 10.1. The van der Waals surface area contributed by atoms with Crippen LogP contribution in [-0.2, 0) is 6.42 Å². The Morgan fingerprint density at radius 1 is 1.46 bits per heavy atom. The molecule has 2 rings (SSSR count). The van der Waals surface area contributed by atoms with Gasteiger partial charge in [0.2, 0.25) is 0 Å². The minimum absolute atomic E-state index is 0.393. The Kier molecular flexibility index (Phi) is 2.20. The lowest BCUT2D eigenvalue weighted by Crippen LogP contribution is -1.93. The molecule has 0 unspecified atom stereocenters. The summed E-state index contributed by atoms with van der Waals surface area (Å²) in [6.07, 6.45) is 0.994. The van der Waals surface area contributed by atoms with Crippen molar-refractivity contribution in [2.24, 2.45) is 5.73 Å². The van der Waals surface area contributed by atoms with E-state index in [1.165, 1.54) is 5.56 Å². The minimum atomic E-state index is 0.393. The van der Waals surface area contributed by atoms with Crippen molar-refractivity contribution < 1.29 is 4.74 Å². The predicted octanol–water partition coefficient (Wildman–Crippen LogP) is 0.932. The second-order valence-corrected chi connectivity index (χ2v) is 2.90. The second-order valence-electron chi connectivity index (χ2n) is 2.90. The van der Waals surface area contributed by atoms with E-state index in [9.17, 15) is 0 Å². The van der Waals surface area contributed by atoms with Crippen LogP contribution in [0.5, 0.6) is 5.75 Å². The fraction of sp³-hybridized carbons (Fsp3) is 0.273. The molecule has 0 aliphatic carbocycles. The largest absolute Gasteiger partial charge is 0.492 e. The maximum atomic E-state index is 5.48. The van der Waals surface area contributed by atoms with Gasteiger partial charge in [0, 0.05) is 6.42 Å². The van der Waals surface area contributed by atoms with Crippen LogP contribution >= 0.6 is 0 Å². The molecule has 1 heterocycles. The fourth-order valence-corrected chi connectivity index (χ4v) is 1.46. The van der Waals surface area contributed by atoms with E-state index in [0.717, 1.165) is 24.3 Å². The molecule has 0 saturated carbocycles. The van der Waals surface area contributed by atoms with Gasteiger partial charge in [-0.1, -0.05) is 24.0 Å². The highest BCUT2D eigenvalue weighted by Gasteiger charge is 2.13. The zero-order chi connectivity index (χ0) is 9.10. The number of benzene rings is 1. The van der Waals surface area contributed by atoms with Gasteiger partial charge in [-0.15, -0.1) is 0 Å². The predicted molar refractivity (Wildman–Crippen MR) is 51.6 cm³/mol. The SMILES string of the molecule is NCC#Cc1cccc2c1OCC2. The maximum Gasteiger partial charge on any atom is 0.138 e. The first-order valence-corrected chi connectivity index (χ1v) is 4.35. The molecule has 0 amide bonds. The van der Waals surface area contributed by atoms with Crippen LogP contribution in [0.15, 0.2) is 18.2 Å². The molecule has 1 aromatic carbocycles. The molecule has 13 heavy (non-hydrogen) atoms. The second kappa shape index (κ2) is 3.51. The van der Waals surface area contributed by atoms with Crippen LogP contribution in [0.25, 0.3) is 0 Å². The lowest BCUT2D eigenvalue weighted by Gasteiger charge is -2.00. The highest BCUT2D eigenvalue weighted by Crippen LogP contribution is 2.28. The van der Waals surface area contributed by atoms with E-state index < -0.39 is 0 Å². The summed E-state index contributed by atoms with van der Waals surface area (Å²) >= 11 is 0. The maximum absolute atomic E-state index is 5.48. The van der Waals surface area contributed by atoms with E-state index in [-0.39, 0.29) is 0 Å². The molecule has 2 N–H and O–H groups in total. The van der Waals surface area contributed by atoms with Gasteiger partial charge < -0.3 is 10.5 Å². The van der Waals surface area contributed by atoms with Crippen LogP contribution in [0.4, 0.5) is 0 Å². The number of rotatable bonds is 0. The molecular formula is C11H11NO. The number of hydrogen-bond donors (Lipinski definition) is 1. The van der Waals surface area contributed by atoms with Gasteiger partial charge in [0.25, 0.3) is 0 Å². The summed E-state index contributed by atoms with van der Waals surface area (Å²) in [6, 6.07) is 6.05. The third kappa shape index (κ3) is 1.51. The van der Waals surface area contributed by atoms with E-state index in [1.54, 1.807) is 0 Å². The van der Waals surface area contributed by atoms with Gasteiger partial charge >= 0.3 is 0 Å². The van der Waals surface area contributed by atoms with Gasteiger partial charge in [-0.05, 0) is 11.6 Å². The van der Waals surface area contributed by atoms with Crippen LogP contribution in [0.3, 0.4) is 0 Å². The minimum Gasteiger partial charge on any atom is -0.492 e. The molecule has 2 nitrogen and oxygen atoms in total. The van der Waals surface area contributed by atoms with Crippen LogP contribution in [-0.4, -0.2) is 13.2 Å². The highest BCUT2D eigenvalue weighted by molar-refractivity contribution is 5.52. The third-order valence-electron chi connectivity index (χ3n) is 2.04. The van der Waals surface area contributed by atoms with Crippen molar-refractivity contribution in [3.8, 4) is 17.6 Å². The van der Waals surface area contributed by atoms with Crippen molar-refractivity contribution in [3.05, 3.63) is 29.3 Å². The van der Waals surface area contributed by atoms with Crippen molar-refractivity contribution >= 4 is 0 Å². The number of nitrogens with two attached hydrogens (primary N) is 1. The van der Waals surface area contributed by atoms with Crippen molar-refractivity contribution in [1.82, 2.24) is 0 Å². The number of para-hydroxylation sites is 1. The first kappa shape index (κ1) is 8.15. The Balaban J connectivity index is 2.41. The van der Waals surface area contributed by atoms with Gasteiger partial charge in [0.05, 0.1) is 18.7 Å². The van der Waals surface area contributed by atoms with Gasteiger partial charge in [-0.3, -0.25) is 0 Å². The van der Waals surface area contributed by atoms with Crippen LogP contribution in [0, 0.1) is 11.8 Å². The van der Waals surface area contributed by atoms with Gasteiger partial charge in [-0.25, -0.2) is 0 Å². The molecule has 0 spiro atoms. The number of fused-ring (bicyclic) bond motifs is 1. The van der Waals surface area contributed by atoms with E-state index in [2.05, 4.69) is 17.9 Å². The molecule has 0 saturated heterocycles. The van der Waals surface area contributed by atoms with Crippen LogP contribution in [0.2, 0.25) is 0 Å². The molecular weight excluding hydrogens is 162 g/mol. The summed E-state index contributed by atoms with van der Waals surface area (Å²) in [7, 11) is 0. The lowest BCUT2D eigenvalue weighted by molar-refractivity contribution is 0.356. The summed E-state index contributed by atoms with van der Waals surface area (Å²) in [5.41, 5.74) is 7.52. The van der Waals surface area contributed by atoms with Crippen molar-refractivity contribution in [2.45, 2.75) is 6.42 Å². The average molecular weight is 173 g/mol. The molecule has 0 fully saturated rings. The van der Waals surface area contributed by atoms with E-state index in [1.807, 2.05) is 12.1 Å². The normalized spacial score (nSPS) is 12.7. The summed E-state index contributed by atoms with van der Waals surface area (Å²) in [6.45, 7) is 1.17. The summed E-state index contributed by atoms with van der Waals surface area (Å²) in [5.74, 6) is 6.78. The van der Waals surface area contributed by atoms with Crippen molar-refractivity contribution in [3.63, 3.8) is 0 Å². The molecule has 66 valence electrons. The Morgan fingerprint density at radius 2 is 2.38 bits per heavy atom. The molecule has 0 aromatic heterocycles. The summed E-state index contributed by atoms with van der Waals surface area (Å²) < 4.78 is 5.48.